The van der Waals surface area contributed by atoms with E-state index in [1.165, 1.54) is 4.90 Å². The first-order chi connectivity index (χ1) is 15.9. The standard InChI is InChI=1S/C27H33N3O3/c1-5-18-33-23-12-6-20(7-13-23)24-25(29-16-14-19(2)15-17-29)27(32)30(26(24)31)22-10-8-21(9-11-22)28(3)4/h6-13,19H,5,14-18H2,1-4H3. The predicted molar refractivity (Wildman–Crippen MR) is 132 cm³/mol. The van der Waals surface area contributed by atoms with Gasteiger partial charge in [-0.05, 0) is 67.1 Å². The molecule has 174 valence electrons. The van der Waals surface area contributed by atoms with Crippen LogP contribution in [0.4, 0.5) is 11.4 Å². The minimum atomic E-state index is -0.270. The number of nitrogens with zero attached hydrogens (tertiary/aromatic N) is 3. The quantitative estimate of drug-likeness (QED) is 0.583. The van der Waals surface area contributed by atoms with Gasteiger partial charge >= 0.3 is 0 Å². The summed E-state index contributed by atoms with van der Waals surface area (Å²) in [7, 11) is 3.92. The van der Waals surface area contributed by atoms with Gasteiger partial charge in [0.25, 0.3) is 11.8 Å². The van der Waals surface area contributed by atoms with Crippen LogP contribution in [0.1, 0.15) is 38.7 Å². The Morgan fingerprint density at radius 1 is 0.939 bits per heavy atom. The van der Waals surface area contributed by atoms with Crippen LogP contribution in [0, 0.1) is 5.92 Å². The lowest BCUT2D eigenvalue weighted by atomic mass is 9.97. The van der Waals surface area contributed by atoms with Crippen molar-refractivity contribution in [3.63, 3.8) is 0 Å². The number of piperidine rings is 1. The number of anilines is 2. The van der Waals surface area contributed by atoms with Gasteiger partial charge in [0.05, 0.1) is 17.9 Å². The summed E-state index contributed by atoms with van der Waals surface area (Å²) in [5, 5.41) is 0. The van der Waals surface area contributed by atoms with Crippen molar-refractivity contribution >= 4 is 28.8 Å². The first-order valence-corrected chi connectivity index (χ1v) is 11.8. The second kappa shape index (κ2) is 9.69. The third-order valence-electron chi connectivity index (χ3n) is 6.40. The fourth-order valence-electron chi connectivity index (χ4n) is 4.38. The van der Waals surface area contributed by atoms with E-state index in [9.17, 15) is 9.59 Å². The zero-order chi connectivity index (χ0) is 23.5. The molecule has 0 spiro atoms. The average Bonchev–Trinajstić information content (AvgIpc) is 3.08. The monoisotopic (exact) mass is 447 g/mol. The van der Waals surface area contributed by atoms with E-state index in [0.717, 1.165) is 49.4 Å². The number of benzene rings is 2. The lowest BCUT2D eigenvalue weighted by molar-refractivity contribution is -0.120. The van der Waals surface area contributed by atoms with E-state index in [-0.39, 0.29) is 11.8 Å². The molecule has 2 amide bonds. The number of carbonyl (C=O) groups excluding carboxylic acids is 2. The van der Waals surface area contributed by atoms with Crippen molar-refractivity contribution in [1.29, 1.82) is 0 Å². The summed E-state index contributed by atoms with van der Waals surface area (Å²) in [6.45, 7) is 6.51. The molecular weight excluding hydrogens is 414 g/mol. The van der Waals surface area contributed by atoms with Crippen LogP contribution in [0.2, 0.25) is 0 Å². The Balaban J connectivity index is 1.71. The van der Waals surface area contributed by atoms with E-state index in [4.69, 9.17) is 4.74 Å². The maximum Gasteiger partial charge on any atom is 0.282 e. The minimum Gasteiger partial charge on any atom is -0.494 e. The van der Waals surface area contributed by atoms with Crippen LogP contribution in [0.25, 0.3) is 5.57 Å². The van der Waals surface area contributed by atoms with Gasteiger partial charge in [-0.3, -0.25) is 9.59 Å². The molecular formula is C27H33N3O3. The molecule has 0 aliphatic carbocycles. The summed E-state index contributed by atoms with van der Waals surface area (Å²) in [5.74, 6) is 0.881. The molecule has 2 aliphatic heterocycles. The first kappa shape index (κ1) is 22.9. The first-order valence-electron chi connectivity index (χ1n) is 11.8. The normalized spacial score (nSPS) is 17.2. The van der Waals surface area contributed by atoms with Gasteiger partial charge in [0.2, 0.25) is 0 Å². The van der Waals surface area contributed by atoms with Gasteiger partial charge in [0, 0.05) is 32.9 Å². The van der Waals surface area contributed by atoms with Gasteiger partial charge in [-0.15, -0.1) is 0 Å². The molecule has 4 rings (SSSR count). The zero-order valence-electron chi connectivity index (χ0n) is 20.0. The molecule has 0 saturated carbocycles. The van der Waals surface area contributed by atoms with Crippen molar-refractivity contribution in [1.82, 2.24) is 4.90 Å². The molecule has 1 fully saturated rings. The summed E-state index contributed by atoms with van der Waals surface area (Å²) in [6.07, 6.45) is 2.96. The average molecular weight is 448 g/mol. The molecule has 6 heteroatoms. The molecule has 2 aromatic rings. The summed E-state index contributed by atoms with van der Waals surface area (Å²) in [4.78, 5) is 32.8. The molecule has 6 nitrogen and oxygen atoms in total. The molecule has 33 heavy (non-hydrogen) atoms. The van der Waals surface area contributed by atoms with Crippen molar-refractivity contribution in [3.8, 4) is 5.75 Å². The van der Waals surface area contributed by atoms with E-state index in [1.54, 1.807) is 0 Å². The van der Waals surface area contributed by atoms with Crippen molar-refractivity contribution in [2.75, 3.05) is 43.6 Å². The maximum absolute atomic E-state index is 13.7. The second-order valence-electron chi connectivity index (χ2n) is 9.12. The van der Waals surface area contributed by atoms with E-state index >= 15 is 0 Å². The Bertz CT molecular complexity index is 1030. The molecule has 0 radical (unpaired) electrons. The number of hydrogen-bond acceptors (Lipinski definition) is 5. The number of hydrogen-bond donors (Lipinski definition) is 0. The molecule has 0 bridgehead atoms. The number of ether oxygens (including phenoxy) is 1. The van der Waals surface area contributed by atoms with Crippen LogP contribution >= 0.6 is 0 Å². The van der Waals surface area contributed by atoms with Crippen LogP contribution in [-0.2, 0) is 9.59 Å². The summed E-state index contributed by atoms with van der Waals surface area (Å²) < 4.78 is 5.70. The van der Waals surface area contributed by atoms with Gasteiger partial charge in [0.1, 0.15) is 11.4 Å². The summed E-state index contributed by atoms with van der Waals surface area (Å²) >= 11 is 0. The Kier molecular flexibility index (Phi) is 6.72. The highest BCUT2D eigenvalue weighted by Gasteiger charge is 2.43. The zero-order valence-corrected chi connectivity index (χ0v) is 20.0. The molecule has 2 aromatic carbocycles. The SMILES string of the molecule is CCCOc1ccc(C2=C(N3CCC(C)CC3)C(=O)N(c3ccc(N(C)C)cc3)C2=O)cc1. The highest BCUT2D eigenvalue weighted by Crippen LogP contribution is 2.37. The Morgan fingerprint density at radius 3 is 2.15 bits per heavy atom. The van der Waals surface area contributed by atoms with Gasteiger partial charge in [-0.2, -0.15) is 0 Å². The van der Waals surface area contributed by atoms with Crippen molar-refractivity contribution in [2.24, 2.45) is 5.92 Å². The third kappa shape index (κ3) is 4.61. The van der Waals surface area contributed by atoms with Gasteiger partial charge in [-0.1, -0.05) is 26.0 Å². The van der Waals surface area contributed by atoms with Gasteiger partial charge in [0.15, 0.2) is 0 Å². The Labute approximate surface area is 196 Å². The Morgan fingerprint density at radius 2 is 1.58 bits per heavy atom. The lowest BCUT2D eigenvalue weighted by Crippen LogP contribution is -2.38. The number of rotatable bonds is 7. The molecule has 2 heterocycles. The largest absolute Gasteiger partial charge is 0.494 e. The van der Waals surface area contributed by atoms with E-state index in [2.05, 4.69) is 18.7 Å². The number of imide groups is 1. The highest BCUT2D eigenvalue weighted by atomic mass is 16.5. The number of likely N-dealkylation sites (tertiary alicyclic amines) is 1. The smallest absolute Gasteiger partial charge is 0.282 e. The molecule has 2 aliphatic rings. The predicted octanol–water partition coefficient (Wildman–Crippen LogP) is 4.56. The fraction of sp³-hybridized carbons (Fsp3) is 0.407. The molecule has 0 unspecified atom stereocenters. The fourth-order valence-corrected chi connectivity index (χ4v) is 4.38. The maximum atomic E-state index is 13.7. The number of carbonyl (C=O) groups is 2. The summed E-state index contributed by atoms with van der Waals surface area (Å²) in [5.41, 5.74) is 3.35. The molecule has 0 aromatic heterocycles. The van der Waals surface area contributed by atoms with E-state index in [1.807, 2.05) is 67.5 Å². The van der Waals surface area contributed by atoms with Crippen LogP contribution in [-0.4, -0.2) is 50.5 Å². The van der Waals surface area contributed by atoms with Crippen LogP contribution in [0.15, 0.2) is 54.2 Å². The summed E-state index contributed by atoms with van der Waals surface area (Å²) in [6, 6.07) is 15.1. The third-order valence-corrected chi connectivity index (χ3v) is 6.40. The Hall–Kier alpha value is -3.28. The highest BCUT2D eigenvalue weighted by molar-refractivity contribution is 6.45. The minimum absolute atomic E-state index is 0.242. The van der Waals surface area contributed by atoms with Crippen molar-refractivity contribution < 1.29 is 14.3 Å². The van der Waals surface area contributed by atoms with Crippen LogP contribution in [0.3, 0.4) is 0 Å². The lowest BCUT2D eigenvalue weighted by Gasteiger charge is -2.32. The van der Waals surface area contributed by atoms with Crippen LogP contribution < -0.4 is 14.5 Å². The molecule has 0 atom stereocenters. The van der Waals surface area contributed by atoms with Gasteiger partial charge < -0.3 is 14.5 Å². The van der Waals surface area contributed by atoms with E-state index in [0.29, 0.717) is 29.5 Å². The van der Waals surface area contributed by atoms with E-state index < -0.39 is 0 Å². The van der Waals surface area contributed by atoms with Crippen molar-refractivity contribution in [2.45, 2.75) is 33.1 Å². The van der Waals surface area contributed by atoms with Gasteiger partial charge in [-0.25, -0.2) is 4.90 Å². The van der Waals surface area contributed by atoms with Crippen LogP contribution in [0.5, 0.6) is 5.75 Å². The topological polar surface area (TPSA) is 53.1 Å². The second-order valence-corrected chi connectivity index (χ2v) is 9.12. The molecule has 0 N–H and O–H groups in total. The van der Waals surface area contributed by atoms with Crippen molar-refractivity contribution in [3.05, 3.63) is 59.8 Å². The molecule has 1 saturated heterocycles. The number of amides is 2.